The second kappa shape index (κ2) is 7.27. The Labute approximate surface area is 133 Å². The minimum absolute atomic E-state index is 0.231. The van der Waals surface area contributed by atoms with Crippen molar-refractivity contribution in [3.8, 4) is 0 Å². The van der Waals surface area contributed by atoms with E-state index in [1.165, 1.54) is 14.7 Å². The van der Waals surface area contributed by atoms with Crippen LogP contribution in [0.25, 0.3) is 0 Å². The van der Waals surface area contributed by atoms with Gasteiger partial charge in [0.15, 0.2) is 0 Å². The van der Waals surface area contributed by atoms with Gasteiger partial charge in [-0.05, 0) is 70.9 Å². The van der Waals surface area contributed by atoms with E-state index in [9.17, 15) is 0 Å². The molecule has 1 nitrogen and oxygen atoms in total. The lowest BCUT2D eigenvalue weighted by Gasteiger charge is -2.20. The molecule has 3 heteroatoms. The molecule has 0 spiro atoms. The highest BCUT2D eigenvalue weighted by Crippen LogP contribution is 2.24. The quantitative estimate of drug-likeness (QED) is 0.712. The summed E-state index contributed by atoms with van der Waals surface area (Å²) in [7, 11) is 0. The molecule has 1 N–H and O–H groups in total. The van der Waals surface area contributed by atoms with E-state index in [4.69, 9.17) is 11.6 Å². The highest BCUT2D eigenvalue weighted by atomic mass is 127. The van der Waals surface area contributed by atoms with Crippen molar-refractivity contribution in [2.45, 2.75) is 19.4 Å². The average Bonchev–Trinajstić information content (AvgIpc) is 2.43. The topological polar surface area (TPSA) is 12.0 Å². The molecule has 0 aliphatic heterocycles. The molecule has 2 rings (SSSR count). The Balaban J connectivity index is 2.29. The molecule has 2 aromatic carbocycles. The van der Waals surface area contributed by atoms with E-state index in [0.717, 1.165) is 18.0 Å². The van der Waals surface area contributed by atoms with E-state index in [1.54, 1.807) is 0 Å². The maximum atomic E-state index is 5.97. The third kappa shape index (κ3) is 4.20. The first kappa shape index (κ1) is 14.8. The molecule has 0 saturated carbocycles. The number of hydrogen-bond donors (Lipinski definition) is 1. The van der Waals surface area contributed by atoms with Gasteiger partial charge in [-0.1, -0.05) is 42.8 Å². The third-order valence-electron chi connectivity index (χ3n) is 3.01. The second-order valence-electron chi connectivity index (χ2n) is 4.49. The van der Waals surface area contributed by atoms with Crippen molar-refractivity contribution >= 4 is 34.2 Å². The normalized spacial score (nSPS) is 12.4. The fraction of sp³-hybridized carbons (Fsp3) is 0.250. The van der Waals surface area contributed by atoms with E-state index >= 15 is 0 Å². The van der Waals surface area contributed by atoms with E-state index < -0.39 is 0 Å². The molecule has 0 saturated heterocycles. The van der Waals surface area contributed by atoms with E-state index in [0.29, 0.717) is 0 Å². The molecular weight excluding hydrogens is 369 g/mol. The van der Waals surface area contributed by atoms with Crippen molar-refractivity contribution in [2.75, 3.05) is 6.54 Å². The predicted octanol–water partition coefficient (Wildman–Crippen LogP) is 5.03. The predicted molar refractivity (Wildman–Crippen MR) is 90.7 cm³/mol. The molecule has 1 atom stereocenters. The lowest BCUT2D eigenvalue weighted by atomic mass is 9.99. The van der Waals surface area contributed by atoms with Gasteiger partial charge in [0, 0.05) is 8.59 Å². The monoisotopic (exact) mass is 385 g/mol. The molecule has 0 aliphatic carbocycles. The molecule has 0 radical (unpaired) electrons. The Morgan fingerprint density at radius 2 is 1.53 bits per heavy atom. The summed E-state index contributed by atoms with van der Waals surface area (Å²) < 4.78 is 1.26. The largest absolute Gasteiger partial charge is 0.306 e. The Kier molecular flexibility index (Phi) is 5.67. The van der Waals surface area contributed by atoms with Crippen molar-refractivity contribution in [1.29, 1.82) is 0 Å². The third-order valence-corrected chi connectivity index (χ3v) is 3.98. The molecule has 0 aliphatic rings. The van der Waals surface area contributed by atoms with Gasteiger partial charge in [0.2, 0.25) is 0 Å². The molecule has 0 amide bonds. The molecule has 2 aromatic rings. The summed E-state index contributed by atoms with van der Waals surface area (Å²) >= 11 is 8.30. The molecule has 100 valence electrons. The van der Waals surface area contributed by atoms with Crippen molar-refractivity contribution in [2.24, 2.45) is 0 Å². The van der Waals surface area contributed by atoms with E-state index in [-0.39, 0.29) is 6.04 Å². The average molecular weight is 386 g/mol. The van der Waals surface area contributed by atoms with Crippen molar-refractivity contribution in [3.05, 3.63) is 68.3 Å². The van der Waals surface area contributed by atoms with Gasteiger partial charge in [0.25, 0.3) is 0 Å². The second-order valence-corrected chi connectivity index (χ2v) is 6.17. The molecule has 1 unspecified atom stereocenters. The summed E-state index contributed by atoms with van der Waals surface area (Å²) in [5.74, 6) is 0. The highest BCUT2D eigenvalue weighted by molar-refractivity contribution is 14.1. The first-order valence-electron chi connectivity index (χ1n) is 6.45. The van der Waals surface area contributed by atoms with Crippen LogP contribution in [0, 0.1) is 3.57 Å². The van der Waals surface area contributed by atoms with Crippen LogP contribution in [-0.4, -0.2) is 6.54 Å². The lowest BCUT2D eigenvalue weighted by molar-refractivity contribution is 0.598. The molecule has 19 heavy (non-hydrogen) atoms. The van der Waals surface area contributed by atoms with Crippen molar-refractivity contribution in [1.82, 2.24) is 5.32 Å². The first-order valence-corrected chi connectivity index (χ1v) is 7.90. The van der Waals surface area contributed by atoms with Crippen LogP contribution >= 0.6 is 34.2 Å². The van der Waals surface area contributed by atoms with E-state index in [1.807, 2.05) is 12.1 Å². The van der Waals surface area contributed by atoms with Crippen LogP contribution in [0.4, 0.5) is 0 Å². The van der Waals surface area contributed by atoms with Gasteiger partial charge >= 0.3 is 0 Å². The van der Waals surface area contributed by atoms with Gasteiger partial charge in [-0.3, -0.25) is 0 Å². The lowest BCUT2D eigenvalue weighted by Crippen LogP contribution is -2.23. The standard InChI is InChI=1S/C16H17ClIN/c1-2-11-19-16(12-3-7-14(17)8-4-12)13-5-9-15(18)10-6-13/h3-10,16,19H,2,11H2,1H3. The molecule has 0 fully saturated rings. The Hall–Kier alpha value is -0.580. The molecule has 0 bridgehead atoms. The zero-order chi connectivity index (χ0) is 13.7. The van der Waals surface area contributed by atoms with Crippen LogP contribution < -0.4 is 5.32 Å². The number of rotatable bonds is 5. The number of nitrogens with one attached hydrogen (secondary N) is 1. The van der Waals surface area contributed by atoms with Gasteiger partial charge in [-0.2, -0.15) is 0 Å². The van der Waals surface area contributed by atoms with Gasteiger partial charge in [0.05, 0.1) is 6.04 Å². The number of benzene rings is 2. The summed E-state index contributed by atoms with van der Waals surface area (Å²) in [4.78, 5) is 0. The number of halogens is 2. The number of hydrogen-bond acceptors (Lipinski definition) is 1. The van der Waals surface area contributed by atoms with Crippen LogP contribution in [0.1, 0.15) is 30.5 Å². The molecule has 0 aromatic heterocycles. The van der Waals surface area contributed by atoms with Crippen LogP contribution in [0.5, 0.6) is 0 Å². The fourth-order valence-corrected chi connectivity index (χ4v) is 2.51. The van der Waals surface area contributed by atoms with Gasteiger partial charge < -0.3 is 5.32 Å². The maximum absolute atomic E-state index is 5.97. The summed E-state index contributed by atoms with van der Waals surface area (Å²) in [6, 6.07) is 17.0. The Bertz CT molecular complexity index is 462. The SMILES string of the molecule is CCCNC(c1ccc(Cl)cc1)c1ccc(I)cc1. The Morgan fingerprint density at radius 3 is 2.05 bits per heavy atom. The van der Waals surface area contributed by atoms with Gasteiger partial charge in [0.1, 0.15) is 0 Å². The first-order chi connectivity index (χ1) is 9.20. The summed E-state index contributed by atoms with van der Waals surface area (Å²) in [5.41, 5.74) is 2.54. The van der Waals surface area contributed by atoms with Gasteiger partial charge in [-0.15, -0.1) is 0 Å². The molecule has 0 heterocycles. The fourth-order valence-electron chi connectivity index (χ4n) is 2.03. The van der Waals surface area contributed by atoms with Crippen LogP contribution in [0.2, 0.25) is 5.02 Å². The van der Waals surface area contributed by atoms with Crippen LogP contribution in [0.3, 0.4) is 0 Å². The van der Waals surface area contributed by atoms with Crippen LogP contribution in [0.15, 0.2) is 48.5 Å². The van der Waals surface area contributed by atoms with Crippen LogP contribution in [-0.2, 0) is 0 Å². The summed E-state index contributed by atoms with van der Waals surface area (Å²) in [6.45, 7) is 3.18. The Morgan fingerprint density at radius 1 is 1.00 bits per heavy atom. The maximum Gasteiger partial charge on any atom is 0.0576 e. The minimum Gasteiger partial charge on any atom is -0.306 e. The minimum atomic E-state index is 0.231. The summed E-state index contributed by atoms with van der Waals surface area (Å²) in [6.07, 6.45) is 1.12. The summed E-state index contributed by atoms with van der Waals surface area (Å²) in [5, 5.41) is 4.37. The van der Waals surface area contributed by atoms with E-state index in [2.05, 4.69) is 71.2 Å². The van der Waals surface area contributed by atoms with Crippen molar-refractivity contribution in [3.63, 3.8) is 0 Å². The van der Waals surface area contributed by atoms with Gasteiger partial charge in [-0.25, -0.2) is 0 Å². The zero-order valence-corrected chi connectivity index (χ0v) is 13.8. The highest BCUT2D eigenvalue weighted by Gasteiger charge is 2.12. The molecular formula is C16H17ClIN. The van der Waals surface area contributed by atoms with Crippen molar-refractivity contribution < 1.29 is 0 Å². The smallest absolute Gasteiger partial charge is 0.0576 e. The zero-order valence-electron chi connectivity index (χ0n) is 10.9.